The van der Waals surface area contributed by atoms with Crippen molar-refractivity contribution in [1.29, 1.82) is 0 Å². The Morgan fingerprint density at radius 1 is 0.500 bits per heavy atom. The van der Waals surface area contributed by atoms with Crippen molar-refractivity contribution >= 4 is 0 Å². The molecule has 0 aliphatic carbocycles. The molecule has 0 aromatic carbocycles. The number of hydrogen-bond acceptors (Lipinski definition) is 0. The summed E-state index contributed by atoms with van der Waals surface area (Å²) in [5, 5.41) is 9.70. The molecule has 0 atom stereocenters. The molecule has 1 nitrogen and oxygen atoms in total. The van der Waals surface area contributed by atoms with Crippen molar-refractivity contribution in [2.45, 2.75) is 47.9 Å². The summed E-state index contributed by atoms with van der Waals surface area (Å²) in [6, 6.07) is 0. The highest BCUT2D eigenvalue weighted by Crippen LogP contribution is 2.62. The van der Waals surface area contributed by atoms with E-state index in [0.29, 0.717) is 0 Å². The maximum absolute atomic E-state index is 13.0. The van der Waals surface area contributed by atoms with Crippen LogP contribution in [-0.4, -0.2) is 54.5 Å². The van der Waals surface area contributed by atoms with E-state index in [1.54, 1.807) is 0 Å². The zero-order valence-electron chi connectivity index (χ0n) is 11.2. The highest BCUT2D eigenvalue weighted by atomic mass is 19.4. The van der Waals surface area contributed by atoms with Crippen LogP contribution < -0.4 is 0 Å². The molecule has 0 N–H and O–H groups in total. The van der Waals surface area contributed by atoms with E-state index >= 15 is 0 Å². The van der Waals surface area contributed by atoms with Gasteiger partial charge >= 0.3 is 47.9 Å². The van der Waals surface area contributed by atoms with Gasteiger partial charge in [0, 0.05) is 0 Å². The lowest BCUT2D eigenvalue weighted by Gasteiger charge is -2.42. The van der Waals surface area contributed by atoms with Gasteiger partial charge in [-0.15, -0.1) is 0 Å². The van der Waals surface area contributed by atoms with Crippen molar-refractivity contribution in [3.8, 4) is 0 Å². The first-order valence-corrected chi connectivity index (χ1v) is 5.51. The van der Waals surface area contributed by atoms with Crippen LogP contribution in [0.4, 0.5) is 70.2 Å². The molecule has 0 spiro atoms. The largest absolute Gasteiger partial charge is 0.384 e. The maximum Gasteiger partial charge on any atom is 0.384 e. The quantitative estimate of drug-likeness (QED) is 0.476. The Bertz CT molecular complexity index is 508. The lowest BCUT2D eigenvalue weighted by molar-refractivity contribution is -0.448. The molecular weight excluding hydrogens is 428 g/mol. The first kappa shape index (κ1) is 24.8. The van der Waals surface area contributed by atoms with Gasteiger partial charge in [-0.3, -0.25) is 0 Å². The van der Waals surface area contributed by atoms with Gasteiger partial charge in [0.25, 0.3) is 0 Å². The second kappa shape index (κ2) is 6.19. The van der Waals surface area contributed by atoms with Gasteiger partial charge in [-0.2, -0.15) is 61.5 Å². The molecular formula is C9H3F16O. The van der Waals surface area contributed by atoms with Crippen LogP contribution in [0.2, 0.25) is 0 Å². The molecule has 0 unspecified atom stereocenters. The van der Waals surface area contributed by atoms with Crippen molar-refractivity contribution in [1.82, 2.24) is 0 Å². The Morgan fingerprint density at radius 2 is 0.769 bits per heavy atom. The van der Waals surface area contributed by atoms with Crippen LogP contribution in [0.25, 0.3) is 0 Å². The third-order valence-electron chi connectivity index (χ3n) is 2.91. The minimum absolute atomic E-state index is 3.64. The molecule has 0 aliphatic heterocycles. The van der Waals surface area contributed by atoms with Crippen LogP contribution in [0.15, 0.2) is 0 Å². The average Bonchev–Trinajstić information content (AvgIpc) is 2.45. The fourth-order valence-electron chi connectivity index (χ4n) is 1.26. The smallest absolute Gasteiger partial charge is 0.230 e. The van der Waals surface area contributed by atoms with Crippen molar-refractivity contribution in [2.75, 3.05) is 6.61 Å². The van der Waals surface area contributed by atoms with E-state index in [4.69, 9.17) is 0 Å². The molecule has 157 valence electrons. The van der Waals surface area contributed by atoms with Crippen molar-refractivity contribution < 1.29 is 75.4 Å². The summed E-state index contributed by atoms with van der Waals surface area (Å²) in [5.74, 6) is -55.2. The summed E-state index contributed by atoms with van der Waals surface area (Å²) < 4.78 is 202. The second-order valence-corrected chi connectivity index (χ2v) is 4.64. The standard InChI is InChI=1S/C9H3F16O/c10-2(11)4(14,15)6(18,19)8(22,23)9(24,25)7(20,21)5(16,17)3(12,13)1-26/h2H,1H2. The molecule has 1 radical (unpaired) electrons. The highest BCUT2D eigenvalue weighted by molar-refractivity contribution is 5.14. The van der Waals surface area contributed by atoms with E-state index in [1.807, 2.05) is 0 Å². The Labute approximate surface area is 131 Å². The van der Waals surface area contributed by atoms with Crippen LogP contribution >= 0.6 is 0 Å². The minimum atomic E-state index is -8.44. The lowest BCUT2D eigenvalue weighted by atomic mass is 9.89. The zero-order valence-corrected chi connectivity index (χ0v) is 11.2. The van der Waals surface area contributed by atoms with E-state index in [2.05, 4.69) is 0 Å². The van der Waals surface area contributed by atoms with Gasteiger partial charge < -0.3 is 0 Å². The number of rotatable bonds is 8. The van der Waals surface area contributed by atoms with Crippen LogP contribution in [0.3, 0.4) is 0 Å². The van der Waals surface area contributed by atoms with E-state index < -0.39 is 54.5 Å². The minimum Gasteiger partial charge on any atom is -0.230 e. The predicted octanol–water partition coefficient (Wildman–Crippen LogP) is 5.13. The van der Waals surface area contributed by atoms with Gasteiger partial charge in [-0.25, -0.2) is 13.9 Å². The molecule has 0 aliphatic rings. The van der Waals surface area contributed by atoms with E-state index in [-0.39, 0.29) is 0 Å². The van der Waals surface area contributed by atoms with Crippen molar-refractivity contribution in [3.63, 3.8) is 0 Å². The Morgan fingerprint density at radius 3 is 1.04 bits per heavy atom. The van der Waals surface area contributed by atoms with Gasteiger partial charge in [0.05, 0.1) is 0 Å². The van der Waals surface area contributed by atoms with Crippen LogP contribution in [0, 0.1) is 0 Å². The van der Waals surface area contributed by atoms with Crippen LogP contribution in [0.5, 0.6) is 0 Å². The first-order valence-electron chi connectivity index (χ1n) is 5.51. The SMILES string of the molecule is [O]CC(F)(F)C(F)(F)C(F)(F)C(F)(F)C(F)(F)C(F)(F)C(F)(F)C(F)F. The molecule has 0 saturated heterocycles. The molecule has 17 heteroatoms. The zero-order chi connectivity index (χ0) is 21.8. The first-order chi connectivity index (χ1) is 11.0. The highest BCUT2D eigenvalue weighted by Gasteiger charge is 2.93. The van der Waals surface area contributed by atoms with Gasteiger partial charge in [0.15, 0.2) is 6.61 Å². The number of hydrogen-bond donors (Lipinski definition) is 0. The fraction of sp³-hybridized carbons (Fsp3) is 1.00. The topological polar surface area (TPSA) is 19.9 Å². The molecule has 0 amide bonds. The van der Waals surface area contributed by atoms with E-state index in [0.717, 1.165) is 0 Å². The van der Waals surface area contributed by atoms with Crippen LogP contribution in [-0.2, 0) is 5.11 Å². The Hall–Kier alpha value is -1.16. The molecule has 0 aromatic heterocycles. The van der Waals surface area contributed by atoms with E-state index in [1.165, 1.54) is 0 Å². The summed E-state index contributed by atoms with van der Waals surface area (Å²) in [6.07, 6.45) is -5.88. The summed E-state index contributed by atoms with van der Waals surface area (Å²) in [5.41, 5.74) is 0. The third-order valence-corrected chi connectivity index (χ3v) is 2.91. The lowest BCUT2D eigenvalue weighted by Crippen LogP contribution is -2.74. The van der Waals surface area contributed by atoms with Crippen molar-refractivity contribution in [3.05, 3.63) is 0 Å². The Kier molecular flexibility index (Phi) is 5.91. The molecule has 0 heterocycles. The maximum atomic E-state index is 13.0. The predicted molar refractivity (Wildman–Crippen MR) is 46.2 cm³/mol. The van der Waals surface area contributed by atoms with Gasteiger partial charge in [-0.1, -0.05) is 0 Å². The van der Waals surface area contributed by atoms with Gasteiger partial charge in [0.1, 0.15) is 0 Å². The van der Waals surface area contributed by atoms with Gasteiger partial charge in [-0.05, 0) is 0 Å². The molecule has 0 bridgehead atoms. The van der Waals surface area contributed by atoms with Crippen molar-refractivity contribution in [2.24, 2.45) is 0 Å². The molecule has 0 rings (SSSR count). The number of halogens is 16. The third kappa shape index (κ3) is 2.85. The summed E-state index contributed by atoms with van der Waals surface area (Å²) >= 11 is 0. The Balaban J connectivity index is 6.54. The van der Waals surface area contributed by atoms with E-state index in [9.17, 15) is 75.4 Å². The summed E-state index contributed by atoms with van der Waals surface area (Å²) in [7, 11) is 0. The fourth-order valence-corrected chi connectivity index (χ4v) is 1.26. The second-order valence-electron chi connectivity index (χ2n) is 4.64. The normalized spacial score (nSPS) is 16.4. The molecule has 0 saturated carbocycles. The van der Waals surface area contributed by atoms with Crippen LogP contribution in [0.1, 0.15) is 0 Å². The number of alkyl halides is 16. The van der Waals surface area contributed by atoms with Gasteiger partial charge in [0.2, 0.25) is 0 Å². The summed E-state index contributed by atoms with van der Waals surface area (Å²) in [4.78, 5) is 0. The summed E-state index contributed by atoms with van der Waals surface area (Å²) in [6.45, 7) is -3.64. The average molecular weight is 431 g/mol. The molecule has 0 aromatic rings. The molecule has 26 heavy (non-hydrogen) atoms. The molecule has 0 fully saturated rings. The monoisotopic (exact) mass is 431 g/mol.